The Morgan fingerprint density at radius 1 is 1.37 bits per heavy atom. The lowest BCUT2D eigenvalue weighted by Gasteiger charge is -2.22. The molecule has 1 heterocycles. The molecule has 4 heteroatoms. The fourth-order valence-electron chi connectivity index (χ4n) is 2.53. The molecule has 0 amide bonds. The van der Waals surface area contributed by atoms with Crippen LogP contribution < -0.4 is 5.32 Å². The van der Waals surface area contributed by atoms with Crippen molar-refractivity contribution in [1.29, 1.82) is 0 Å². The second-order valence-electron chi connectivity index (χ2n) is 5.35. The number of aliphatic hydroxyl groups excluding tert-OH is 1. The van der Waals surface area contributed by atoms with Gasteiger partial charge in [0.2, 0.25) is 0 Å². The van der Waals surface area contributed by atoms with E-state index in [2.05, 4.69) is 10.2 Å². The smallest absolute Gasteiger partial charge is 0.123 e. The van der Waals surface area contributed by atoms with Crippen LogP contribution in [0.15, 0.2) is 24.3 Å². The molecule has 106 valence electrons. The molecule has 0 saturated carbocycles. The fraction of sp³-hybridized carbons (Fsp3) is 0.600. The van der Waals surface area contributed by atoms with Crippen molar-refractivity contribution in [2.45, 2.75) is 31.9 Å². The lowest BCUT2D eigenvalue weighted by atomic mass is 10.1. The van der Waals surface area contributed by atoms with Gasteiger partial charge in [0.25, 0.3) is 0 Å². The average Bonchev–Trinajstić information content (AvgIpc) is 2.88. The number of halogens is 1. The van der Waals surface area contributed by atoms with Gasteiger partial charge in [0, 0.05) is 19.1 Å². The number of aliphatic hydroxyl groups is 1. The summed E-state index contributed by atoms with van der Waals surface area (Å²) >= 11 is 0. The van der Waals surface area contributed by atoms with Gasteiger partial charge < -0.3 is 15.3 Å². The zero-order chi connectivity index (χ0) is 13.7. The number of benzene rings is 1. The lowest BCUT2D eigenvalue weighted by molar-refractivity contribution is 0.121. The molecular weight excluding hydrogens is 243 g/mol. The molecule has 1 fully saturated rings. The Kier molecular flexibility index (Phi) is 5.31. The molecule has 0 bridgehead atoms. The zero-order valence-electron chi connectivity index (χ0n) is 11.5. The van der Waals surface area contributed by atoms with E-state index in [9.17, 15) is 9.50 Å². The molecule has 3 nitrogen and oxygen atoms in total. The highest BCUT2D eigenvalue weighted by Gasteiger charge is 2.16. The molecule has 19 heavy (non-hydrogen) atoms. The Labute approximate surface area is 114 Å². The Morgan fingerprint density at radius 3 is 2.79 bits per heavy atom. The highest BCUT2D eigenvalue weighted by Crippen LogP contribution is 2.13. The lowest BCUT2D eigenvalue weighted by Crippen LogP contribution is -2.37. The SMILES string of the molecule is C[C@@H](NCC(O)CN1CCCC1)c1cccc(F)c1. The summed E-state index contributed by atoms with van der Waals surface area (Å²) in [6, 6.07) is 6.63. The summed E-state index contributed by atoms with van der Waals surface area (Å²) in [5.74, 6) is -0.219. The maximum Gasteiger partial charge on any atom is 0.123 e. The monoisotopic (exact) mass is 266 g/mol. The van der Waals surface area contributed by atoms with Gasteiger partial charge in [-0.15, -0.1) is 0 Å². The van der Waals surface area contributed by atoms with E-state index in [1.54, 1.807) is 6.07 Å². The predicted molar refractivity (Wildman–Crippen MR) is 74.5 cm³/mol. The van der Waals surface area contributed by atoms with Crippen molar-refractivity contribution in [3.63, 3.8) is 0 Å². The van der Waals surface area contributed by atoms with Crippen LogP contribution in [0.5, 0.6) is 0 Å². The fourth-order valence-corrected chi connectivity index (χ4v) is 2.53. The van der Waals surface area contributed by atoms with E-state index in [0.29, 0.717) is 6.54 Å². The number of hydrogen-bond donors (Lipinski definition) is 2. The molecule has 2 rings (SSSR count). The summed E-state index contributed by atoms with van der Waals surface area (Å²) in [7, 11) is 0. The number of nitrogens with zero attached hydrogens (tertiary/aromatic N) is 1. The molecule has 1 unspecified atom stereocenters. The van der Waals surface area contributed by atoms with Gasteiger partial charge in [-0.25, -0.2) is 4.39 Å². The minimum atomic E-state index is -0.367. The third-order valence-electron chi connectivity index (χ3n) is 3.68. The molecule has 1 aliphatic heterocycles. The Hall–Kier alpha value is -0.970. The van der Waals surface area contributed by atoms with Crippen molar-refractivity contribution in [3.05, 3.63) is 35.6 Å². The summed E-state index contributed by atoms with van der Waals surface area (Å²) in [6.07, 6.45) is 2.11. The summed E-state index contributed by atoms with van der Waals surface area (Å²) in [5, 5.41) is 13.2. The first-order valence-corrected chi connectivity index (χ1v) is 7.04. The number of likely N-dealkylation sites (tertiary alicyclic amines) is 1. The molecule has 1 saturated heterocycles. The summed E-state index contributed by atoms with van der Waals surface area (Å²) in [6.45, 7) is 5.43. The number of β-amino-alcohol motifs (C(OH)–C–C–N with tert-alkyl or cyclic N) is 1. The standard InChI is InChI=1S/C15H23FN2O/c1-12(13-5-4-6-14(16)9-13)17-10-15(19)11-18-7-2-3-8-18/h4-6,9,12,15,17,19H,2-3,7-8,10-11H2,1H3/t12-,15?/m1/s1. The van der Waals surface area contributed by atoms with E-state index >= 15 is 0 Å². The van der Waals surface area contributed by atoms with Gasteiger partial charge >= 0.3 is 0 Å². The molecule has 0 aliphatic carbocycles. The van der Waals surface area contributed by atoms with Gasteiger partial charge in [0.1, 0.15) is 5.82 Å². The van der Waals surface area contributed by atoms with Crippen molar-refractivity contribution in [2.24, 2.45) is 0 Å². The summed E-state index contributed by atoms with van der Waals surface area (Å²) in [4.78, 5) is 2.29. The van der Waals surface area contributed by atoms with Crippen molar-refractivity contribution >= 4 is 0 Å². The topological polar surface area (TPSA) is 35.5 Å². The molecule has 1 aromatic rings. The van der Waals surface area contributed by atoms with Gasteiger partial charge in [-0.2, -0.15) is 0 Å². The Morgan fingerprint density at radius 2 is 2.11 bits per heavy atom. The van der Waals surface area contributed by atoms with Crippen LogP contribution in [0.2, 0.25) is 0 Å². The second kappa shape index (κ2) is 6.98. The summed E-state index contributed by atoms with van der Waals surface area (Å²) < 4.78 is 13.1. The van der Waals surface area contributed by atoms with Crippen molar-refractivity contribution in [3.8, 4) is 0 Å². The zero-order valence-corrected chi connectivity index (χ0v) is 11.5. The summed E-state index contributed by atoms with van der Waals surface area (Å²) in [5.41, 5.74) is 0.911. The molecule has 0 spiro atoms. The van der Waals surface area contributed by atoms with Crippen LogP contribution in [0.3, 0.4) is 0 Å². The van der Waals surface area contributed by atoms with Crippen molar-refractivity contribution < 1.29 is 9.50 Å². The minimum absolute atomic E-state index is 0.0453. The van der Waals surface area contributed by atoms with E-state index in [1.165, 1.54) is 25.0 Å². The van der Waals surface area contributed by atoms with Crippen molar-refractivity contribution in [1.82, 2.24) is 10.2 Å². The van der Waals surface area contributed by atoms with E-state index in [0.717, 1.165) is 25.2 Å². The Bertz CT molecular complexity index is 393. The minimum Gasteiger partial charge on any atom is -0.390 e. The van der Waals surface area contributed by atoms with Crippen LogP contribution in [0, 0.1) is 5.82 Å². The molecular formula is C15H23FN2O. The van der Waals surface area contributed by atoms with Crippen LogP contribution in [-0.4, -0.2) is 42.3 Å². The molecule has 0 aromatic heterocycles. The first kappa shape index (κ1) is 14.4. The highest BCUT2D eigenvalue weighted by molar-refractivity contribution is 5.19. The predicted octanol–water partition coefficient (Wildman–Crippen LogP) is 1.93. The van der Waals surface area contributed by atoms with Crippen LogP contribution >= 0.6 is 0 Å². The molecule has 1 aromatic carbocycles. The van der Waals surface area contributed by atoms with E-state index in [-0.39, 0.29) is 18.0 Å². The third kappa shape index (κ3) is 4.56. The molecule has 2 atom stereocenters. The van der Waals surface area contributed by atoms with E-state index < -0.39 is 0 Å². The third-order valence-corrected chi connectivity index (χ3v) is 3.68. The van der Waals surface area contributed by atoms with E-state index in [4.69, 9.17) is 0 Å². The van der Waals surface area contributed by atoms with Crippen LogP contribution in [0.4, 0.5) is 4.39 Å². The van der Waals surface area contributed by atoms with Gasteiger partial charge in [-0.1, -0.05) is 12.1 Å². The molecule has 0 radical (unpaired) electrons. The van der Waals surface area contributed by atoms with Gasteiger partial charge in [-0.3, -0.25) is 0 Å². The number of nitrogens with one attached hydrogen (secondary N) is 1. The van der Waals surface area contributed by atoms with Gasteiger partial charge in [0.15, 0.2) is 0 Å². The second-order valence-corrected chi connectivity index (χ2v) is 5.35. The highest BCUT2D eigenvalue weighted by atomic mass is 19.1. The number of hydrogen-bond acceptors (Lipinski definition) is 3. The van der Waals surface area contributed by atoms with Gasteiger partial charge in [-0.05, 0) is 50.6 Å². The first-order valence-electron chi connectivity index (χ1n) is 7.04. The number of rotatable bonds is 6. The maximum atomic E-state index is 13.1. The van der Waals surface area contributed by atoms with E-state index in [1.807, 2.05) is 13.0 Å². The van der Waals surface area contributed by atoms with Crippen LogP contribution in [0.1, 0.15) is 31.4 Å². The van der Waals surface area contributed by atoms with Crippen molar-refractivity contribution in [2.75, 3.05) is 26.2 Å². The average molecular weight is 266 g/mol. The maximum absolute atomic E-state index is 13.1. The Balaban J connectivity index is 1.74. The molecule has 2 N–H and O–H groups in total. The van der Waals surface area contributed by atoms with Crippen LogP contribution in [0.25, 0.3) is 0 Å². The van der Waals surface area contributed by atoms with Gasteiger partial charge in [0.05, 0.1) is 6.10 Å². The normalized spacial score (nSPS) is 19.5. The van der Waals surface area contributed by atoms with Crippen LogP contribution in [-0.2, 0) is 0 Å². The molecule has 1 aliphatic rings. The quantitative estimate of drug-likeness (QED) is 0.826. The largest absolute Gasteiger partial charge is 0.390 e. The first-order chi connectivity index (χ1) is 9.15.